The fraction of sp³-hybridized carbons (Fsp3) is 0.600. The van der Waals surface area contributed by atoms with E-state index < -0.39 is 0 Å². The van der Waals surface area contributed by atoms with E-state index in [4.69, 9.17) is 0 Å². The van der Waals surface area contributed by atoms with Crippen LogP contribution in [0.2, 0.25) is 0 Å². The van der Waals surface area contributed by atoms with Gasteiger partial charge in [0.2, 0.25) is 0 Å². The first-order valence-corrected chi connectivity index (χ1v) is 12.7. The molecule has 1 heteroatoms. The maximum Gasteiger partial charge on any atom is 0.122 e. The van der Waals surface area contributed by atoms with Crippen molar-refractivity contribution < 1.29 is 5.11 Å². The minimum absolute atomic E-state index is 0.0613. The number of phenols is 1. The molecular weight excluding hydrogens is 376 g/mol. The van der Waals surface area contributed by atoms with E-state index in [-0.39, 0.29) is 11.3 Å². The predicted octanol–water partition coefficient (Wildman–Crippen LogP) is 9.48. The van der Waals surface area contributed by atoms with Crippen LogP contribution in [0.1, 0.15) is 133 Å². The number of phenolic OH excluding ortho intramolecular Hbond substituents is 1. The lowest BCUT2D eigenvalue weighted by molar-refractivity contribution is 0.446. The molecule has 31 heavy (non-hydrogen) atoms. The van der Waals surface area contributed by atoms with Gasteiger partial charge >= 0.3 is 0 Å². The lowest BCUT2D eigenvalue weighted by Gasteiger charge is -2.26. The van der Waals surface area contributed by atoms with Crippen molar-refractivity contribution in [3.8, 4) is 5.75 Å². The van der Waals surface area contributed by atoms with Gasteiger partial charge in [0.05, 0.1) is 0 Å². The molecule has 172 valence electrons. The van der Waals surface area contributed by atoms with Gasteiger partial charge in [-0.05, 0) is 34.4 Å². The fourth-order valence-corrected chi connectivity index (χ4v) is 4.48. The van der Waals surface area contributed by atoms with E-state index in [1.807, 2.05) is 0 Å². The summed E-state index contributed by atoms with van der Waals surface area (Å²) in [4.78, 5) is 0. The third-order valence-electron chi connectivity index (χ3n) is 6.82. The minimum Gasteiger partial charge on any atom is -0.507 e. The minimum atomic E-state index is 0.0613. The molecule has 0 aliphatic rings. The standard InChI is InChI=1S/C30H46O/c1-7-8-9-10-11-12-13-15-18-23(2)27-21-26(30(4,5)6)22-28(29(27)31)24(3)25-19-16-14-17-20-25/h14,16-17,19-24,31H,7-13,15,18H2,1-6H3. The van der Waals surface area contributed by atoms with Crippen LogP contribution >= 0.6 is 0 Å². The van der Waals surface area contributed by atoms with Crippen molar-refractivity contribution in [2.75, 3.05) is 0 Å². The summed E-state index contributed by atoms with van der Waals surface area (Å²) in [6.07, 6.45) is 11.9. The molecule has 2 atom stereocenters. The quantitative estimate of drug-likeness (QED) is 0.338. The van der Waals surface area contributed by atoms with E-state index >= 15 is 0 Å². The number of unbranched alkanes of at least 4 members (excludes halogenated alkanes) is 7. The second-order valence-electron chi connectivity index (χ2n) is 10.6. The average molecular weight is 423 g/mol. The van der Waals surface area contributed by atoms with Crippen molar-refractivity contribution in [3.63, 3.8) is 0 Å². The van der Waals surface area contributed by atoms with Gasteiger partial charge in [-0.15, -0.1) is 0 Å². The smallest absolute Gasteiger partial charge is 0.122 e. The molecule has 0 radical (unpaired) electrons. The Kier molecular flexibility index (Phi) is 10.1. The molecule has 0 saturated heterocycles. The largest absolute Gasteiger partial charge is 0.507 e. The van der Waals surface area contributed by atoms with Gasteiger partial charge in [0.15, 0.2) is 0 Å². The van der Waals surface area contributed by atoms with Crippen LogP contribution in [-0.4, -0.2) is 5.11 Å². The Morgan fingerprint density at radius 1 is 0.774 bits per heavy atom. The van der Waals surface area contributed by atoms with E-state index in [2.05, 4.69) is 84.0 Å². The van der Waals surface area contributed by atoms with E-state index in [0.717, 1.165) is 17.5 Å². The van der Waals surface area contributed by atoms with Crippen LogP contribution in [0, 0.1) is 0 Å². The first-order chi connectivity index (χ1) is 14.8. The van der Waals surface area contributed by atoms with Crippen LogP contribution in [0.4, 0.5) is 0 Å². The van der Waals surface area contributed by atoms with E-state index in [1.165, 1.54) is 62.5 Å². The van der Waals surface area contributed by atoms with Crippen LogP contribution in [0.25, 0.3) is 0 Å². The molecule has 0 saturated carbocycles. The van der Waals surface area contributed by atoms with Gasteiger partial charge in [0.25, 0.3) is 0 Å². The molecule has 2 aromatic carbocycles. The van der Waals surface area contributed by atoms with Gasteiger partial charge in [-0.25, -0.2) is 0 Å². The Balaban J connectivity index is 2.13. The summed E-state index contributed by atoms with van der Waals surface area (Å²) in [6, 6.07) is 15.1. The molecular formula is C30H46O. The molecule has 0 bridgehead atoms. The second kappa shape index (κ2) is 12.3. The Bertz CT molecular complexity index is 769. The maximum atomic E-state index is 11.3. The van der Waals surface area contributed by atoms with Gasteiger partial charge in [-0.2, -0.15) is 0 Å². The Hall–Kier alpha value is -1.76. The highest BCUT2D eigenvalue weighted by atomic mass is 16.3. The first kappa shape index (κ1) is 25.5. The van der Waals surface area contributed by atoms with Crippen molar-refractivity contribution >= 4 is 0 Å². The zero-order chi connectivity index (χ0) is 22.9. The molecule has 0 aliphatic heterocycles. The van der Waals surface area contributed by atoms with Gasteiger partial charge < -0.3 is 5.11 Å². The second-order valence-corrected chi connectivity index (χ2v) is 10.6. The van der Waals surface area contributed by atoms with Gasteiger partial charge in [-0.1, -0.05) is 135 Å². The number of hydrogen-bond donors (Lipinski definition) is 1. The molecule has 0 aliphatic carbocycles. The average Bonchev–Trinajstić information content (AvgIpc) is 2.75. The van der Waals surface area contributed by atoms with Crippen LogP contribution in [0.3, 0.4) is 0 Å². The topological polar surface area (TPSA) is 20.2 Å². The summed E-state index contributed by atoms with van der Waals surface area (Å²) in [5.74, 6) is 1.07. The molecule has 0 heterocycles. The van der Waals surface area contributed by atoms with E-state index in [9.17, 15) is 5.11 Å². The lowest BCUT2D eigenvalue weighted by atomic mass is 9.79. The number of aromatic hydroxyl groups is 1. The molecule has 0 amide bonds. The summed E-state index contributed by atoms with van der Waals surface area (Å²) in [5.41, 5.74) is 4.84. The zero-order valence-corrected chi connectivity index (χ0v) is 21.0. The third kappa shape index (κ3) is 7.70. The summed E-state index contributed by atoms with van der Waals surface area (Å²) in [5, 5.41) is 11.3. The zero-order valence-electron chi connectivity index (χ0n) is 21.0. The molecule has 0 fully saturated rings. The highest BCUT2D eigenvalue weighted by Crippen LogP contribution is 2.41. The number of rotatable bonds is 12. The van der Waals surface area contributed by atoms with E-state index in [0.29, 0.717) is 11.7 Å². The first-order valence-electron chi connectivity index (χ1n) is 12.7. The molecule has 0 aromatic heterocycles. The van der Waals surface area contributed by atoms with Gasteiger partial charge in [0.1, 0.15) is 5.75 Å². The van der Waals surface area contributed by atoms with Crippen molar-refractivity contribution in [3.05, 3.63) is 64.7 Å². The third-order valence-corrected chi connectivity index (χ3v) is 6.82. The highest BCUT2D eigenvalue weighted by Gasteiger charge is 2.24. The summed E-state index contributed by atoms with van der Waals surface area (Å²) < 4.78 is 0. The summed E-state index contributed by atoms with van der Waals surface area (Å²) in [6.45, 7) is 13.6. The lowest BCUT2D eigenvalue weighted by Crippen LogP contribution is -2.14. The Labute approximate surface area is 192 Å². The van der Waals surface area contributed by atoms with Crippen LogP contribution in [-0.2, 0) is 5.41 Å². The van der Waals surface area contributed by atoms with Crippen molar-refractivity contribution in [2.45, 2.75) is 117 Å². The van der Waals surface area contributed by atoms with Crippen LogP contribution < -0.4 is 0 Å². The molecule has 2 aromatic rings. The van der Waals surface area contributed by atoms with Crippen molar-refractivity contribution in [2.24, 2.45) is 0 Å². The predicted molar refractivity (Wildman–Crippen MR) is 136 cm³/mol. The fourth-order valence-electron chi connectivity index (χ4n) is 4.48. The highest BCUT2D eigenvalue weighted by molar-refractivity contribution is 5.51. The maximum absolute atomic E-state index is 11.3. The van der Waals surface area contributed by atoms with Crippen molar-refractivity contribution in [1.82, 2.24) is 0 Å². The van der Waals surface area contributed by atoms with Gasteiger partial charge in [-0.3, -0.25) is 0 Å². The summed E-state index contributed by atoms with van der Waals surface area (Å²) >= 11 is 0. The van der Waals surface area contributed by atoms with E-state index in [1.54, 1.807) is 0 Å². The van der Waals surface area contributed by atoms with Crippen molar-refractivity contribution in [1.29, 1.82) is 0 Å². The molecule has 0 spiro atoms. The van der Waals surface area contributed by atoms with Crippen LogP contribution in [0.15, 0.2) is 42.5 Å². The Morgan fingerprint density at radius 3 is 1.90 bits per heavy atom. The molecule has 1 nitrogen and oxygen atoms in total. The SMILES string of the molecule is CCCCCCCCCCC(C)c1cc(C(C)(C)C)cc(C(C)c2ccccc2)c1O. The summed E-state index contributed by atoms with van der Waals surface area (Å²) in [7, 11) is 0. The molecule has 2 unspecified atom stereocenters. The number of benzene rings is 2. The normalized spacial score (nSPS) is 13.9. The molecule has 1 N–H and O–H groups in total. The Morgan fingerprint density at radius 2 is 1.32 bits per heavy atom. The monoisotopic (exact) mass is 422 g/mol. The number of hydrogen-bond acceptors (Lipinski definition) is 1. The van der Waals surface area contributed by atoms with Gasteiger partial charge in [0, 0.05) is 11.5 Å². The molecule has 2 rings (SSSR count). The van der Waals surface area contributed by atoms with Crippen LogP contribution in [0.5, 0.6) is 5.75 Å².